The standard InChI is InChI=1S/C12H22O2S/c1-5-13-6-2-11(1)9-15-10-12-3-7-14-8-4-12/h11-12H,1-10H2. The molecule has 0 aromatic heterocycles. The Morgan fingerprint density at radius 1 is 0.733 bits per heavy atom. The van der Waals surface area contributed by atoms with Crippen LogP contribution in [-0.2, 0) is 9.47 Å². The Balaban J connectivity index is 1.53. The molecule has 0 aromatic rings. The quantitative estimate of drug-likeness (QED) is 0.739. The summed E-state index contributed by atoms with van der Waals surface area (Å²) in [5.41, 5.74) is 0. The van der Waals surface area contributed by atoms with Gasteiger partial charge < -0.3 is 9.47 Å². The van der Waals surface area contributed by atoms with E-state index in [9.17, 15) is 0 Å². The average molecular weight is 230 g/mol. The first-order valence-corrected chi connectivity index (χ1v) is 7.34. The fourth-order valence-electron chi connectivity index (χ4n) is 2.23. The molecule has 2 heterocycles. The molecule has 2 fully saturated rings. The molecule has 2 saturated heterocycles. The van der Waals surface area contributed by atoms with Gasteiger partial charge in [-0.15, -0.1) is 0 Å². The molecule has 0 radical (unpaired) electrons. The summed E-state index contributed by atoms with van der Waals surface area (Å²) in [6.07, 6.45) is 5.11. The van der Waals surface area contributed by atoms with Gasteiger partial charge >= 0.3 is 0 Å². The fraction of sp³-hybridized carbons (Fsp3) is 1.00. The maximum absolute atomic E-state index is 5.37. The van der Waals surface area contributed by atoms with E-state index in [1.165, 1.54) is 37.2 Å². The molecule has 0 unspecified atom stereocenters. The lowest BCUT2D eigenvalue weighted by Gasteiger charge is -2.24. The van der Waals surface area contributed by atoms with Gasteiger partial charge in [0.2, 0.25) is 0 Å². The van der Waals surface area contributed by atoms with Crippen molar-refractivity contribution in [2.45, 2.75) is 25.7 Å². The van der Waals surface area contributed by atoms with Gasteiger partial charge in [-0.1, -0.05) is 0 Å². The highest BCUT2D eigenvalue weighted by atomic mass is 32.2. The lowest BCUT2D eigenvalue weighted by Crippen LogP contribution is -2.20. The van der Waals surface area contributed by atoms with Gasteiger partial charge in [0.25, 0.3) is 0 Å². The van der Waals surface area contributed by atoms with E-state index in [1.54, 1.807) is 0 Å². The van der Waals surface area contributed by atoms with Crippen molar-refractivity contribution in [2.24, 2.45) is 11.8 Å². The molecule has 2 aliphatic rings. The molecule has 2 nitrogen and oxygen atoms in total. The Hall–Kier alpha value is 0.270. The third-order valence-corrected chi connectivity index (χ3v) is 4.80. The van der Waals surface area contributed by atoms with Crippen molar-refractivity contribution in [3.8, 4) is 0 Å². The highest BCUT2D eigenvalue weighted by molar-refractivity contribution is 7.99. The van der Waals surface area contributed by atoms with Crippen LogP contribution in [0.5, 0.6) is 0 Å². The van der Waals surface area contributed by atoms with Crippen LogP contribution in [0.15, 0.2) is 0 Å². The van der Waals surface area contributed by atoms with Crippen LogP contribution in [0.1, 0.15) is 25.7 Å². The molecule has 2 aliphatic heterocycles. The van der Waals surface area contributed by atoms with E-state index in [2.05, 4.69) is 11.8 Å². The summed E-state index contributed by atoms with van der Waals surface area (Å²) in [7, 11) is 0. The molecule has 0 aliphatic carbocycles. The number of hydrogen-bond acceptors (Lipinski definition) is 3. The van der Waals surface area contributed by atoms with E-state index >= 15 is 0 Å². The number of rotatable bonds is 4. The van der Waals surface area contributed by atoms with Crippen molar-refractivity contribution in [1.29, 1.82) is 0 Å². The van der Waals surface area contributed by atoms with Crippen molar-refractivity contribution in [3.05, 3.63) is 0 Å². The third-order valence-electron chi connectivity index (χ3n) is 3.39. The zero-order valence-electron chi connectivity index (χ0n) is 9.45. The lowest BCUT2D eigenvalue weighted by atomic mass is 10.0. The fourth-order valence-corrected chi connectivity index (χ4v) is 3.70. The lowest BCUT2D eigenvalue weighted by molar-refractivity contribution is 0.0715. The van der Waals surface area contributed by atoms with Crippen LogP contribution < -0.4 is 0 Å². The Bertz CT molecular complexity index is 145. The second-order valence-electron chi connectivity index (χ2n) is 4.65. The van der Waals surface area contributed by atoms with Crippen molar-refractivity contribution < 1.29 is 9.47 Å². The van der Waals surface area contributed by atoms with Crippen LogP contribution in [0.3, 0.4) is 0 Å². The Morgan fingerprint density at radius 2 is 1.13 bits per heavy atom. The van der Waals surface area contributed by atoms with Gasteiger partial charge in [-0.25, -0.2) is 0 Å². The molecular formula is C12H22O2S. The van der Waals surface area contributed by atoms with Gasteiger partial charge in [0.05, 0.1) is 0 Å². The van der Waals surface area contributed by atoms with E-state index in [1.807, 2.05) is 0 Å². The summed E-state index contributed by atoms with van der Waals surface area (Å²) in [6.45, 7) is 3.95. The maximum Gasteiger partial charge on any atom is 0.0468 e. The number of hydrogen-bond donors (Lipinski definition) is 0. The second kappa shape index (κ2) is 6.77. The van der Waals surface area contributed by atoms with Gasteiger partial charge in [0.1, 0.15) is 0 Å². The average Bonchev–Trinajstić information content (AvgIpc) is 2.32. The van der Waals surface area contributed by atoms with Crippen molar-refractivity contribution >= 4 is 11.8 Å². The van der Waals surface area contributed by atoms with Crippen LogP contribution in [-0.4, -0.2) is 37.9 Å². The molecule has 0 atom stereocenters. The molecule has 0 amide bonds. The minimum atomic E-state index is 0.920. The Morgan fingerprint density at radius 3 is 1.53 bits per heavy atom. The smallest absolute Gasteiger partial charge is 0.0468 e. The first-order chi connectivity index (χ1) is 7.45. The Kier molecular flexibility index (Phi) is 5.30. The summed E-state index contributed by atoms with van der Waals surface area (Å²) in [5, 5.41) is 0. The molecule has 0 bridgehead atoms. The van der Waals surface area contributed by atoms with Gasteiger partial charge in [-0.05, 0) is 49.0 Å². The van der Waals surface area contributed by atoms with Gasteiger partial charge in [0.15, 0.2) is 0 Å². The highest BCUT2D eigenvalue weighted by Crippen LogP contribution is 2.24. The SMILES string of the molecule is C1CC(CSCC2CCOCC2)CCO1. The molecule has 0 spiro atoms. The van der Waals surface area contributed by atoms with Crippen LogP contribution in [0.25, 0.3) is 0 Å². The molecular weight excluding hydrogens is 208 g/mol. The van der Waals surface area contributed by atoms with E-state index in [-0.39, 0.29) is 0 Å². The largest absolute Gasteiger partial charge is 0.381 e. The van der Waals surface area contributed by atoms with Gasteiger partial charge in [-0.2, -0.15) is 11.8 Å². The first kappa shape index (κ1) is 11.7. The van der Waals surface area contributed by atoms with E-state index in [0.29, 0.717) is 0 Å². The molecule has 88 valence electrons. The molecule has 3 heteroatoms. The summed E-state index contributed by atoms with van der Waals surface area (Å²) >= 11 is 2.16. The minimum absolute atomic E-state index is 0.920. The predicted molar refractivity (Wildman–Crippen MR) is 64.4 cm³/mol. The number of thioether (sulfide) groups is 1. The van der Waals surface area contributed by atoms with E-state index in [0.717, 1.165) is 38.3 Å². The summed E-state index contributed by atoms with van der Waals surface area (Å²) in [6, 6.07) is 0. The number of ether oxygens (including phenoxy) is 2. The van der Waals surface area contributed by atoms with Crippen LogP contribution in [0.2, 0.25) is 0 Å². The summed E-state index contributed by atoms with van der Waals surface area (Å²) in [4.78, 5) is 0. The predicted octanol–water partition coefficient (Wildman–Crippen LogP) is 2.57. The van der Waals surface area contributed by atoms with Gasteiger partial charge in [-0.3, -0.25) is 0 Å². The van der Waals surface area contributed by atoms with E-state index in [4.69, 9.17) is 9.47 Å². The van der Waals surface area contributed by atoms with Crippen molar-refractivity contribution in [1.82, 2.24) is 0 Å². The topological polar surface area (TPSA) is 18.5 Å². The zero-order valence-corrected chi connectivity index (χ0v) is 10.3. The van der Waals surface area contributed by atoms with Gasteiger partial charge in [0, 0.05) is 26.4 Å². The zero-order chi connectivity index (χ0) is 10.3. The van der Waals surface area contributed by atoms with E-state index < -0.39 is 0 Å². The second-order valence-corrected chi connectivity index (χ2v) is 5.72. The van der Waals surface area contributed by atoms with Crippen LogP contribution >= 0.6 is 11.8 Å². The molecule has 15 heavy (non-hydrogen) atoms. The summed E-state index contributed by atoms with van der Waals surface area (Å²) in [5.74, 6) is 4.54. The minimum Gasteiger partial charge on any atom is -0.381 e. The molecule has 2 rings (SSSR count). The van der Waals surface area contributed by atoms with Crippen LogP contribution in [0, 0.1) is 11.8 Å². The first-order valence-electron chi connectivity index (χ1n) is 6.18. The van der Waals surface area contributed by atoms with Crippen molar-refractivity contribution in [2.75, 3.05) is 37.9 Å². The Labute approximate surface area is 97.1 Å². The van der Waals surface area contributed by atoms with Crippen molar-refractivity contribution in [3.63, 3.8) is 0 Å². The van der Waals surface area contributed by atoms with Crippen LogP contribution in [0.4, 0.5) is 0 Å². The monoisotopic (exact) mass is 230 g/mol. The highest BCUT2D eigenvalue weighted by Gasteiger charge is 2.16. The molecule has 0 saturated carbocycles. The summed E-state index contributed by atoms with van der Waals surface area (Å²) < 4.78 is 10.7. The maximum atomic E-state index is 5.37. The molecule has 0 N–H and O–H groups in total. The third kappa shape index (κ3) is 4.33. The normalized spacial score (nSPS) is 25.6. The molecule has 0 aromatic carbocycles.